The Balaban J connectivity index is 1.65. The number of hydrogen-bond acceptors (Lipinski definition) is 3. The van der Waals surface area contributed by atoms with E-state index in [0.717, 1.165) is 23.3 Å². The fraction of sp³-hybridized carbons (Fsp3) is 0.312. The summed E-state index contributed by atoms with van der Waals surface area (Å²) in [6, 6.07) is 11.4. The summed E-state index contributed by atoms with van der Waals surface area (Å²) in [6.07, 6.45) is 3.47. The van der Waals surface area contributed by atoms with E-state index in [-0.39, 0.29) is 12.5 Å². The number of nitrogens with one attached hydrogen (secondary N) is 1. The van der Waals surface area contributed by atoms with Crippen molar-refractivity contribution in [1.82, 2.24) is 5.32 Å². The average Bonchev–Trinajstić information content (AvgIpc) is 2.99. The van der Waals surface area contributed by atoms with E-state index in [0.29, 0.717) is 19.4 Å². The molecular weight excluding hydrogens is 254 g/mol. The van der Waals surface area contributed by atoms with Gasteiger partial charge in [0, 0.05) is 19.4 Å². The van der Waals surface area contributed by atoms with Crippen molar-refractivity contribution in [2.24, 2.45) is 0 Å². The summed E-state index contributed by atoms with van der Waals surface area (Å²) in [5, 5.41) is 11.8. The highest BCUT2D eigenvalue weighted by atomic mass is 16.3. The first-order valence-electron chi connectivity index (χ1n) is 6.75. The zero-order valence-electron chi connectivity index (χ0n) is 11.3. The van der Waals surface area contributed by atoms with Crippen molar-refractivity contribution < 1.29 is 14.3 Å². The van der Waals surface area contributed by atoms with Gasteiger partial charge in [-0.2, -0.15) is 0 Å². The Morgan fingerprint density at radius 1 is 1.10 bits per heavy atom. The standard InChI is InChI=1S/C16H19NO3/c18-12-14-5-3-13(4-6-14)9-10-17-16(19)8-7-15-2-1-11-20-15/h1-6,11,18H,7-10,12H2,(H,17,19). The molecule has 0 aliphatic carbocycles. The molecule has 0 atom stereocenters. The largest absolute Gasteiger partial charge is 0.469 e. The van der Waals surface area contributed by atoms with Gasteiger partial charge in [0.15, 0.2) is 0 Å². The first kappa shape index (κ1) is 14.3. The van der Waals surface area contributed by atoms with Crippen LogP contribution in [0, 0.1) is 0 Å². The van der Waals surface area contributed by atoms with Crippen LogP contribution in [0.4, 0.5) is 0 Å². The highest BCUT2D eigenvalue weighted by molar-refractivity contribution is 5.76. The fourth-order valence-corrected chi connectivity index (χ4v) is 1.94. The van der Waals surface area contributed by atoms with Crippen LogP contribution in [0.1, 0.15) is 23.3 Å². The van der Waals surface area contributed by atoms with Gasteiger partial charge in [0.05, 0.1) is 12.9 Å². The van der Waals surface area contributed by atoms with Crippen molar-refractivity contribution in [2.45, 2.75) is 25.9 Å². The maximum absolute atomic E-state index is 11.6. The molecule has 106 valence electrons. The first-order chi connectivity index (χ1) is 9.78. The molecule has 0 fully saturated rings. The molecule has 1 amide bonds. The number of hydrogen-bond donors (Lipinski definition) is 2. The van der Waals surface area contributed by atoms with Crippen LogP contribution >= 0.6 is 0 Å². The van der Waals surface area contributed by atoms with Gasteiger partial charge >= 0.3 is 0 Å². The number of carbonyl (C=O) groups excluding carboxylic acids is 1. The SMILES string of the molecule is O=C(CCc1ccco1)NCCc1ccc(CO)cc1. The Labute approximate surface area is 118 Å². The number of aliphatic hydroxyl groups is 1. The molecular formula is C16H19NO3. The number of benzene rings is 1. The molecule has 2 aromatic rings. The lowest BCUT2D eigenvalue weighted by Crippen LogP contribution is -2.25. The Bertz CT molecular complexity index is 517. The van der Waals surface area contributed by atoms with E-state index in [4.69, 9.17) is 9.52 Å². The minimum Gasteiger partial charge on any atom is -0.469 e. The van der Waals surface area contributed by atoms with E-state index in [1.54, 1.807) is 6.26 Å². The van der Waals surface area contributed by atoms with E-state index >= 15 is 0 Å². The maximum Gasteiger partial charge on any atom is 0.220 e. The summed E-state index contributed by atoms with van der Waals surface area (Å²) >= 11 is 0. The third kappa shape index (κ3) is 4.55. The van der Waals surface area contributed by atoms with Crippen molar-refractivity contribution >= 4 is 5.91 Å². The Morgan fingerprint density at radius 3 is 2.50 bits per heavy atom. The molecule has 2 rings (SSSR count). The first-order valence-corrected chi connectivity index (χ1v) is 6.75. The minimum absolute atomic E-state index is 0.0355. The monoisotopic (exact) mass is 273 g/mol. The number of carbonyl (C=O) groups is 1. The number of furan rings is 1. The van der Waals surface area contributed by atoms with Gasteiger partial charge in [0.25, 0.3) is 0 Å². The molecule has 0 saturated carbocycles. The second-order valence-corrected chi connectivity index (χ2v) is 4.65. The van der Waals surface area contributed by atoms with Crippen molar-refractivity contribution in [1.29, 1.82) is 0 Å². The van der Waals surface area contributed by atoms with E-state index in [1.165, 1.54) is 0 Å². The third-order valence-electron chi connectivity index (χ3n) is 3.12. The van der Waals surface area contributed by atoms with Gasteiger partial charge in [-0.3, -0.25) is 4.79 Å². The summed E-state index contributed by atoms with van der Waals surface area (Å²) in [4.78, 5) is 11.6. The predicted molar refractivity (Wildman–Crippen MR) is 76.1 cm³/mol. The van der Waals surface area contributed by atoms with Gasteiger partial charge in [0.2, 0.25) is 5.91 Å². The van der Waals surface area contributed by atoms with Crippen LogP contribution in [0.25, 0.3) is 0 Å². The van der Waals surface area contributed by atoms with Crippen molar-refractivity contribution in [3.05, 3.63) is 59.5 Å². The van der Waals surface area contributed by atoms with Crippen LogP contribution in [0.15, 0.2) is 47.1 Å². The van der Waals surface area contributed by atoms with Crippen LogP contribution in [0.5, 0.6) is 0 Å². The van der Waals surface area contributed by atoms with Gasteiger partial charge in [-0.05, 0) is 29.7 Å². The lowest BCUT2D eigenvalue weighted by atomic mass is 10.1. The van der Waals surface area contributed by atoms with Crippen molar-refractivity contribution in [3.8, 4) is 0 Å². The molecule has 1 aromatic carbocycles. The van der Waals surface area contributed by atoms with E-state index in [2.05, 4.69) is 5.32 Å². The average molecular weight is 273 g/mol. The van der Waals surface area contributed by atoms with Gasteiger partial charge < -0.3 is 14.8 Å². The highest BCUT2D eigenvalue weighted by Gasteiger charge is 2.03. The zero-order chi connectivity index (χ0) is 14.2. The molecule has 0 aliphatic heterocycles. The smallest absolute Gasteiger partial charge is 0.220 e. The molecule has 1 aromatic heterocycles. The summed E-state index contributed by atoms with van der Waals surface area (Å²) in [6.45, 7) is 0.680. The maximum atomic E-state index is 11.6. The topological polar surface area (TPSA) is 62.5 Å². The molecule has 1 heterocycles. The van der Waals surface area contributed by atoms with Gasteiger partial charge in [0.1, 0.15) is 5.76 Å². The molecule has 4 heteroatoms. The normalized spacial score (nSPS) is 10.4. The summed E-state index contributed by atoms with van der Waals surface area (Å²) in [5.41, 5.74) is 2.05. The van der Waals surface area contributed by atoms with Crippen molar-refractivity contribution in [2.75, 3.05) is 6.54 Å². The minimum atomic E-state index is 0.0355. The lowest BCUT2D eigenvalue weighted by Gasteiger charge is -2.05. The predicted octanol–water partition coefficient (Wildman–Crippen LogP) is 2.06. The Morgan fingerprint density at radius 2 is 1.85 bits per heavy atom. The molecule has 20 heavy (non-hydrogen) atoms. The van der Waals surface area contributed by atoms with Crippen molar-refractivity contribution in [3.63, 3.8) is 0 Å². The van der Waals surface area contributed by atoms with Gasteiger partial charge in [-0.1, -0.05) is 24.3 Å². The molecule has 4 nitrogen and oxygen atoms in total. The number of aliphatic hydroxyl groups excluding tert-OH is 1. The molecule has 0 radical (unpaired) electrons. The van der Waals surface area contributed by atoms with Crippen LogP contribution in [0.2, 0.25) is 0 Å². The second kappa shape index (κ2) is 7.50. The molecule has 2 N–H and O–H groups in total. The molecule has 0 spiro atoms. The second-order valence-electron chi connectivity index (χ2n) is 4.65. The van der Waals surface area contributed by atoms with Crippen LogP contribution in [-0.4, -0.2) is 17.6 Å². The quantitative estimate of drug-likeness (QED) is 0.811. The van der Waals surface area contributed by atoms with Crippen LogP contribution in [-0.2, 0) is 24.2 Å². The highest BCUT2D eigenvalue weighted by Crippen LogP contribution is 2.05. The zero-order valence-corrected chi connectivity index (χ0v) is 11.3. The Kier molecular flexibility index (Phi) is 5.38. The molecule has 0 saturated heterocycles. The molecule has 0 bridgehead atoms. The summed E-state index contributed by atoms with van der Waals surface area (Å²) in [5.74, 6) is 0.869. The summed E-state index contributed by atoms with van der Waals surface area (Å²) < 4.78 is 5.18. The number of aryl methyl sites for hydroxylation is 1. The van der Waals surface area contributed by atoms with E-state index in [1.807, 2.05) is 36.4 Å². The molecule has 0 unspecified atom stereocenters. The fourth-order valence-electron chi connectivity index (χ4n) is 1.94. The third-order valence-corrected chi connectivity index (χ3v) is 3.12. The van der Waals surface area contributed by atoms with E-state index < -0.39 is 0 Å². The molecule has 0 aliphatic rings. The number of amides is 1. The van der Waals surface area contributed by atoms with Gasteiger partial charge in [-0.15, -0.1) is 0 Å². The lowest BCUT2D eigenvalue weighted by molar-refractivity contribution is -0.121. The number of rotatable bonds is 7. The van der Waals surface area contributed by atoms with Crippen LogP contribution in [0.3, 0.4) is 0 Å². The summed E-state index contributed by atoms with van der Waals surface area (Å²) in [7, 11) is 0. The Hall–Kier alpha value is -2.07. The van der Waals surface area contributed by atoms with E-state index in [9.17, 15) is 4.79 Å². The van der Waals surface area contributed by atoms with Gasteiger partial charge in [-0.25, -0.2) is 0 Å². The van der Waals surface area contributed by atoms with Crippen LogP contribution < -0.4 is 5.32 Å².